The second kappa shape index (κ2) is 24.5. The van der Waals surface area contributed by atoms with Gasteiger partial charge in [0, 0.05) is 47.1 Å². The summed E-state index contributed by atoms with van der Waals surface area (Å²) < 4.78 is 0. The van der Waals surface area contributed by atoms with Gasteiger partial charge in [-0.15, -0.1) is 12.8 Å². The molecular weight excluding hydrogens is 655 g/mol. The van der Waals surface area contributed by atoms with Gasteiger partial charge in [-0.05, 0) is 112 Å². The molecule has 0 aromatic heterocycles. The van der Waals surface area contributed by atoms with Gasteiger partial charge >= 0.3 is 0 Å². The van der Waals surface area contributed by atoms with Crippen LogP contribution in [0.4, 0.5) is 22.7 Å². The van der Waals surface area contributed by atoms with E-state index in [1.165, 1.54) is 28.1 Å². The van der Waals surface area contributed by atoms with Crippen molar-refractivity contribution < 1.29 is 0 Å². The van der Waals surface area contributed by atoms with E-state index in [0.717, 1.165) is 41.3 Å². The molecule has 0 unspecified atom stereocenters. The Morgan fingerprint density at radius 3 is 1.50 bits per heavy atom. The van der Waals surface area contributed by atoms with Gasteiger partial charge in [-0.1, -0.05) is 139 Å². The molecule has 0 aliphatic rings. The van der Waals surface area contributed by atoms with Gasteiger partial charge in [0.25, 0.3) is 0 Å². The van der Waals surface area contributed by atoms with Crippen molar-refractivity contribution in [1.29, 1.82) is 0 Å². The number of terminal acetylenes is 2. The molecule has 0 saturated heterocycles. The third-order valence-corrected chi connectivity index (χ3v) is 8.00. The lowest BCUT2D eigenvalue weighted by atomic mass is 10.0. The fourth-order valence-corrected chi connectivity index (χ4v) is 5.17. The molecule has 54 heavy (non-hydrogen) atoms. The van der Waals surface area contributed by atoms with Gasteiger partial charge in [0.1, 0.15) is 0 Å². The zero-order chi connectivity index (χ0) is 38.8. The van der Waals surface area contributed by atoms with Crippen molar-refractivity contribution in [3.05, 3.63) is 204 Å². The molecule has 2 N–H and O–H groups in total. The summed E-state index contributed by atoms with van der Waals surface area (Å²) in [4.78, 5) is 2.35. The maximum absolute atomic E-state index is 5.37. The van der Waals surface area contributed by atoms with E-state index in [1.54, 1.807) is 12.2 Å². The smallest absolute Gasteiger partial charge is 0.0451 e. The number of benzene rings is 5. The third kappa shape index (κ3) is 16.1. The van der Waals surface area contributed by atoms with E-state index in [0.29, 0.717) is 0 Å². The molecule has 272 valence electrons. The average molecular weight is 708 g/mol. The summed E-state index contributed by atoms with van der Waals surface area (Å²) in [5.74, 6) is 5.14. The van der Waals surface area contributed by atoms with Crippen molar-refractivity contribution in [1.82, 2.24) is 0 Å². The first-order valence-electron chi connectivity index (χ1n) is 18.1. The van der Waals surface area contributed by atoms with Crippen LogP contribution in [0.5, 0.6) is 0 Å². The minimum Gasteiger partial charge on any atom is -0.364 e. The summed E-state index contributed by atoms with van der Waals surface area (Å²) in [7, 11) is 0. The number of hydrogen-bond donors (Lipinski definition) is 2. The molecule has 5 rings (SSSR count). The number of hydrogen-bond acceptors (Lipinski definition) is 3. The maximum atomic E-state index is 5.37. The quantitative estimate of drug-likeness (QED) is 0.0998. The molecule has 0 heterocycles. The average Bonchev–Trinajstić information content (AvgIpc) is 3.19. The highest BCUT2D eigenvalue weighted by Gasteiger charge is 2.11. The first-order chi connectivity index (χ1) is 26.3. The van der Waals surface area contributed by atoms with Gasteiger partial charge in [-0.25, -0.2) is 0 Å². The Kier molecular flexibility index (Phi) is 18.9. The van der Waals surface area contributed by atoms with Crippen LogP contribution in [0.3, 0.4) is 0 Å². The third-order valence-electron chi connectivity index (χ3n) is 8.00. The molecule has 0 aliphatic heterocycles. The highest BCUT2D eigenvalue weighted by molar-refractivity contribution is 5.79. The van der Waals surface area contributed by atoms with E-state index in [9.17, 15) is 0 Å². The van der Waals surface area contributed by atoms with Crippen LogP contribution in [0.2, 0.25) is 0 Å². The Morgan fingerprint density at radius 2 is 1.06 bits per heavy atom. The Labute approximate surface area is 325 Å². The maximum Gasteiger partial charge on any atom is 0.0451 e. The van der Waals surface area contributed by atoms with Crippen molar-refractivity contribution in [3.63, 3.8) is 0 Å². The summed E-state index contributed by atoms with van der Waals surface area (Å²) in [6, 6.07) is 47.6. The van der Waals surface area contributed by atoms with Gasteiger partial charge in [0.15, 0.2) is 0 Å². The fourth-order valence-electron chi connectivity index (χ4n) is 5.17. The fraction of sp³-hybridized carbons (Fsp3) is 0.137. The van der Waals surface area contributed by atoms with Crippen LogP contribution in [0, 0.1) is 31.6 Å². The summed E-state index contributed by atoms with van der Waals surface area (Å²) in [6.07, 6.45) is 24.8. The number of rotatable bonds is 12. The van der Waals surface area contributed by atoms with Crippen LogP contribution in [-0.4, -0.2) is 13.1 Å². The highest BCUT2D eigenvalue weighted by atomic mass is 15.1. The minimum atomic E-state index is 0.765. The van der Waals surface area contributed by atoms with E-state index in [4.69, 9.17) is 12.8 Å². The zero-order valence-corrected chi connectivity index (χ0v) is 32.3. The van der Waals surface area contributed by atoms with Gasteiger partial charge in [-0.3, -0.25) is 0 Å². The largest absolute Gasteiger partial charge is 0.364 e. The summed E-state index contributed by atoms with van der Waals surface area (Å²) in [6.45, 7) is 11.7. The van der Waals surface area contributed by atoms with Crippen molar-refractivity contribution in [2.45, 2.75) is 34.6 Å². The molecule has 5 aromatic carbocycles. The number of para-hydroxylation sites is 3. The van der Waals surface area contributed by atoms with Crippen molar-refractivity contribution in [2.75, 3.05) is 28.6 Å². The van der Waals surface area contributed by atoms with E-state index in [2.05, 4.69) is 101 Å². The number of nitrogens with zero attached hydrogens (tertiary/aromatic N) is 1. The first kappa shape index (κ1) is 41.7. The molecule has 0 bridgehead atoms. The number of allylic oxidation sites excluding steroid dienone is 8. The monoisotopic (exact) mass is 707 g/mol. The van der Waals surface area contributed by atoms with Crippen LogP contribution in [0.25, 0.3) is 11.1 Å². The molecule has 3 heteroatoms. The lowest BCUT2D eigenvalue weighted by Gasteiger charge is -2.25. The van der Waals surface area contributed by atoms with Crippen LogP contribution in [0.15, 0.2) is 199 Å². The molecule has 0 amide bonds. The number of aryl methyl sites for hydroxylation is 1. The van der Waals surface area contributed by atoms with Gasteiger partial charge in [0.2, 0.25) is 0 Å². The molecule has 0 radical (unpaired) electrons. The highest BCUT2D eigenvalue weighted by Crippen LogP contribution is 2.32. The second-order valence-corrected chi connectivity index (χ2v) is 12.5. The standard InChI is InChI=1S/C29H29N.C12H11N.C10H13N/c1-6-13-24(3)15-11-21-30(22-12-16-25(4)14-7-2)29-20-19-26(5)23-28(29)27-17-9-8-10-18-27;1-3-7-11(8-4-1)13-12-9-5-2-6-10-12;1-3-9(2)11-10-7-5-4-6-8-10/h1-2,8-20,23H,21-22H2,3-5H3;1-10,13H;3-8,11H,1-2H3/b15-11-,16-12-,24-13-,25-14-;;9-3+. The molecule has 0 fully saturated rings. The van der Waals surface area contributed by atoms with Gasteiger partial charge < -0.3 is 15.5 Å². The SMILES string of the molecule is C#C/C=C(C)\C=C/CN(C/C=C\C(C)=C/C#C)c1ccc(C)cc1-c1ccccc1.C/C=C(\C)Nc1ccccc1.c1ccc(Nc2ccccc2)cc1. The first-order valence-corrected chi connectivity index (χ1v) is 18.1. The molecule has 0 saturated carbocycles. The van der Waals surface area contributed by atoms with Crippen LogP contribution < -0.4 is 15.5 Å². The molecule has 5 aromatic rings. The topological polar surface area (TPSA) is 27.3 Å². The molecule has 3 nitrogen and oxygen atoms in total. The normalized spacial score (nSPS) is 11.4. The van der Waals surface area contributed by atoms with Gasteiger partial charge in [0.05, 0.1) is 0 Å². The Balaban J connectivity index is 0.000000264. The van der Waals surface area contributed by atoms with Crippen molar-refractivity contribution in [3.8, 4) is 35.8 Å². The minimum absolute atomic E-state index is 0.765. The molecule has 0 spiro atoms. The van der Waals surface area contributed by atoms with Gasteiger partial charge in [-0.2, -0.15) is 0 Å². The molecule has 0 atom stereocenters. The molecule has 0 aliphatic carbocycles. The number of nitrogens with one attached hydrogen (secondary N) is 2. The van der Waals surface area contributed by atoms with Crippen LogP contribution in [-0.2, 0) is 0 Å². The zero-order valence-electron chi connectivity index (χ0n) is 32.3. The lowest BCUT2D eigenvalue weighted by Crippen LogP contribution is -2.24. The van der Waals surface area contributed by atoms with Crippen molar-refractivity contribution in [2.24, 2.45) is 0 Å². The summed E-state index contributed by atoms with van der Waals surface area (Å²) >= 11 is 0. The van der Waals surface area contributed by atoms with Crippen molar-refractivity contribution >= 4 is 22.7 Å². The predicted molar refractivity (Wildman–Crippen MR) is 238 cm³/mol. The Bertz CT molecular complexity index is 1980. The van der Waals surface area contributed by atoms with E-state index < -0.39 is 0 Å². The molecular formula is C51H53N3. The number of anilines is 4. The van der Waals surface area contributed by atoms with Crippen LogP contribution in [0.1, 0.15) is 33.3 Å². The van der Waals surface area contributed by atoms with E-state index >= 15 is 0 Å². The van der Waals surface area contributed by atoms with E-state index in [1.807, 2.05) is 131 Å². The van der Waals surface area contributed by atoms with Crippen LogP contribution >= 0.6 is 0 Å². The van der Waals surface area contributed by atoms with E-state index in [-0.39, 0.29) is 0 Å². The Hall–Kier alpha value is -6.68. The summed E-state index contributed by atoms with van der Waals surface area (Å²) in [5.41, 5.74) is 11.6. The Morgan fingerprint density at radius 1 is 0.611 bits per heavy atom. The summed E-state index contributed by atoms with van der Waals surface area (Å²) in [5, 5.41) is 6.56. The predicted octanol–water partition coefficient (Wildman–Crippen LogP) is 13.2. The lowest BCUT2D eigenvalue weighted by molar-refractivity contribution is 0.953. The second-order valence-electron chi connectivity index (χ2n) is 12.5.